The Bertz CT molecular complexity index is 2360. The van der Waals surface area contributed by atoms with Crippen molar-refractivity contribution in [3.8, 4) is 11.5 Å². The Balaban J connectivity index is 1.18. The number of nitrogens with zero attached hydrogens (tertiary/aromatic N) is 5. The monoisotopic (exact) mass is 650 g/mol. The first-order valence-corrected chi connectivity index (χ1v) is 15.8. The highest BCUT2D eigenvalue weighted by atomic mass is 35.5. The zero-order chi connectivity index (χ0) is 31.8. The fourth-order valence-electron chi connectivity index (χ4n) is 5.40. The van der Waals surface area contributed by atoms with E-state index in [2.05, 4.69) is 10.3 Å². The van der Waals surface area contributed by atoms with Crippen molar-refractivity contribution >= 4 is 62.5 Å². The van der Waals surface area contributed by atoms with Crippen molar-refractivity contribution in [3.05, 3.63) is 117 Å². The van der Waals surface area contributed by atoms with Gasteiger partial charge in [-0.05, 0) is 66.6 Å². The van der Waals surface area contributed by atoms with E-state index in [1.807, 2.05) is 52.9 Å². The number of hydrogen-bond acceptors (Lipinski definition) is 8. The maximum Gasteiger partial charge on any atom is 0.258 e. The number of ether oxygens (including phenoxy) is 2. The van der Waals surface area contributed by atoms with Crippen LogP contribution in [0.3, 0.4) is 0 Å². The van der Waals surface area contributed by atoms with Gasteiger partial charge in [-0.25, -0.2) is 15.0 Å². The molecule has 0 fully saturated rings. The van der Waals surface area contributed by atoms with Crippen LogP contribution >= 0.6 is 23.4 Å². The van der Waals surface area contributed by atoms with Gasteiger partial charge in [-0.3, -0.25) is 18.4 Å². The lowest BCUT2D eigenvalue weighted by atomic mass is 10.1. The summed E-state index contributed by atoms with van der Waals surface area (Å²) in [7, 11) is 3.19. The molecule has 4 heterocycles. The molecular weight excluding hydrogens is 624 g/mol. The molecule has 46 heavy (non-hydrogen) atoms. The van der Waals surface area contributed by atoms with E-state index in [1.165, 1.54) is 22.2 Å². The number of benzene rings is 3. The maximum absolute atomic E-state index is 13.2. The van der Waals surface area contributed by atoms with Gasteiger partial charge in [0.2, 0.25) is 0 Å². The number of para-hydroxylation sites is 2. The average Bonchev–Trinajstić information content (AvgIpc) is 3.47. The van der Waals surface area contributed by atoms with Gasteiger partial charge in [0.15, 0.2) is 16.7 Å². The van der Waals surface area contributed by atoms with Gasteiger partial charge in [0, 0.05) is 35.5 Å². The lowest BCUT2D eigenvalue weighted by molar-refractivity contribution is 0.0954. The van der Waals surface area contributed by atoms with Gasteiger partial charge in [0.1, 0.15) is 11.3 Å². The van der Waals surface area contributed by atoms with Crippen molar-refractivity contribution in [1.29, 1.82) is 0 Å². The minimum Gasteiger partial charge on any atom is -0.493 e. The number of aromatic nitrogens is 5. The number of methoxy groups -OCH3 is 2. The van der Waals surface area contributed by atoms with Crippen molar-refractivity contribution in [2.24, 2.45) is 0 Å². The summed E-state index contributed by atoms with van der Waals surface area (Å²) in [6.07, 6.45) is 2.18. The average molecular weight is 651 g/mol. The highest BCUT2D eigenvalue weighted by Gasteiger charge is 2.17. The molecule has 230 valence electrons. The normalized spacial score (nSPS) is 11.5. The van der Waals surface area contributed by atoms with Crippen LogP contribution in [0.25, 0.3) is 33.2 Å². The van der Waals surface area contributed by atoms with Gasteiger partial charge in [0.25, 0.3) is 11.5 Å². The standard InChI is InChI=1S/C34H27ClN6O4S/c1-44-28-11-7-20(15-29(28)45-2)13-14-36-33(43)21-8-10-24-26(16-21)39-34(41-27-6-4-3-5-25(27)38-32(24)41)46-19-23-17-31(42)40-18-22(35)9-12-30(40)37-23/h3-12,15-18H,13-14,19H2,1-2H3,(H,36,43). The van der Waals surface area contributed by atoms with Crippen LogP contribution in [0.15, 0.2) is 95.0 Å². The molecule has 0 radical (unpaired) electrons. The Morgan fingerprint density at radius 1 is 0.913 bits per heavy atom. The number of rotatable bonds is 9. The van der Waals surface area contributed by atoms with Crippen LogP contribution in [-0.4, -0.2) is 50.4 Å². The molecule has 7 aromatic rings. The van der Waals surface area contributed by atoms with E-state index in [0.717, 1.165) is 27.6 Å². The number of pyridine rings is 1. The van der Waals surface area contributed by atoms with Crippen LogP contribution in [0.4, 0.5) is 0 Å². The van der Waals surface area contributed by atoms with Crippen molar-refractivity contribution in [3.63, 3.8) is 0 Å². The highest BCUT2D eigenvalue weighted by Crippen LogP contribution is 2.31. The zero-order valence-electron chi connectivity index (χ0n) is 24.9. The third-order valence-corrected chi connectivity index (χ3v) is 8.84. The Labute approximate surface area is 272 Å². The SMILES string of the molecule is COc1ccc(CCNC(=O)c2ccc3c(c2)nc(SCc2cc(=O)n4cc(Cl)ccc4n2)n2c4ccccc4nc32)cc1OC. The van der Waals surface area contributed by atoms with E-state index in [0.29, 0.717) is 62.8 Å². The van der Waals surface area contributed by atoms with E-state index >= 15 is 0 Å². The number of imidazole rings is 1. The Morgan fingerprint density at radius 2 is 1.76 bits per heavy atom. The Hall–Kier alpha value is -5.13. The zero-order valence-corrected chi connectivity index (χ0v) is 26.4. The minimum atomic E-state index is -0.213. The number of amides is 1. The van der Waals surface area contributed by atoms with Gasteiger partial charge >= 0.3 is 0 Å². The van der Waals surface area contributed by atoms with Gasteiger partial charge in [0.05, 0.1) is 41.5 Å². The molecular formula is C34H27ClN6O4S. The molecule has 0 saturated carbocycles. The number of carbonyl (C=O) groups excluding carboxylic acids is 1. The molecule has 0 aliphatic rings. The second kappa shape index (κ2) is 12.3. The lowest BCUT2D eigenvalue weighted by Crippen LogP contribution is -2.25. The van der Waals surface area contributed by atoms with Crippen molar-refractivity contribution in [2.75, 3.05) is 20.8 Å². The molecule has 0 atom stereocenters. The van der Waals surface area contributed by atoms with E-state index in [4.69, 9.17) is 31.0 Å². The summed E-state index contributed by atoms with van der Waals surface area (Å²) in [5, 5.41) is 4.95. The highest BCUT2D eigenvalue weighted by molar-refractivity contribution is 7.98. The topological polar surface area (TPSA) is 112 Å². The van der Waals surface area contributed by atoms with Crippen molar-refractivity contribution in [2.45, 2.75) is 17.3 Å². The number of hydrogen-bond donors (Lipinski definition) is 1. The molecule has 4 aromatic heterocycles. The van der Waals surface area contributed by atoms with Gasteiger partial charge < -0.3 is 14.8 Å². The smallest absolute Gasteiger partial charge is 0.258 e. The summed E-state index contributed by atoms with van der Waals surface area (Å²) < 4.78 is 14.1. The molecule has 0 aliphatic carbocycles. The molecule has 1 amide bonds. The van der Waals surface area contributed by atoms with E-state index in [9.17, 15) is 9.59 Å². The van der Waals surface area contributed by atoms with Crippen LogP contribution in [-0.2, 0) is 12.2 Å². The van der Waals surface area contributed by atoms with Gasteiger partial charge in [-0.1, -0.05) is 41.6 Å². The minimum absolute atomic E-state index is 0.201. The number of thioether (sulfide) groups is 1. The first-order valence-electron chi connectivity index (χ1n) is 14.4. The number of nitrogens with one attached hydrogen (secondary N) is 1. The summed E-state index contributed by atoms with van der Waals surface area (Å²) in [6.45, 7) is 0.441. The first kappa shape index (κ1) is 29.6. The number of fused-ring (bicyclic) bond motifs is 6. The van der Waals surface area contributed by atoms with Gasteiger partial charge in [-0.15, -0.1) is 0 Å². The quantitative estimate of drug-likeness (QED) is 0.150. The fraction of sp³-hybridized carbons (Fsp3) is 0.147. The van der Waals surface area contributed by atoms with Crippen molar-refractivity contribution < 1.29 is 14.3 Å². The first-order chi connectivity index (χ1) is 22.4. The molecule has 10 nitrogen and oxygen atoms in total. The molecule has 1 N–H and O–H groups in total. The second-order valence-corrected chi connectivity index (χ2v) is 11.9. The number of halogens is 1. The van der Waals surface area contributed by atoms with E-state index in [-0.39, 0.29) is 11.5 Å². The predicted octanol–water partition coefficient (Wildman–Crippen LogP) is 5.98. The van der Waals surface area contributed by atoms with Crippen molar-refractivity contribution in [1.82, 2.24) is 29.1 Å². The predicted molar refractivity (Wildman–Crippen MR) is 180 cm³/mol. The van der Waals surface area contributed by atoms with E-state index < -0.39 is 0 Å². The summed E-state index contributed by atoms with van der Waals surface area (Å²) in [5.74, 6) is 1.49. The van der Waals surface area contributed by atoms with Crippen LogP contribution in [0.5, 0.6) is 11.5 Å². The summed E-state index contributed by atoms with van der Waals surface area (Å²) in [5.41, 5.74) is 5.52. The molecule has 0 aliphatic heterocycles. The molecule has 0 unspecified atom stereocenters. The molecule has 0 bridgehead atoms. The second-order valence-electron chi connectivity index (χ2n) is 10.5. The summed E-state index contributed by atoms with van der Waals surface area (Å²) in [6, 6.07) is 24.0. The maximum atomic E-state index is 13.2. The fourth-order valence-corrected chi connectivity index (χ4v) is 6.46. The third kappa shape index (κ3) is 5.59. The molecule has 3 aromatic carbocycles. The lowest BCUT2D eigenvalue weighted by Gasteiger charge is -2.11. The van der Waals surface area contributed by atoms with Crippen LogP contribution in [0.2, 0.25) is 5.02 Å². The molecule has 12 heteroatoms. The Kier molecular flexibility index (Phi) is 7.93. The third-order valence-electron chi connectivity index (χ3n) is 7.64. The molecule has 7 rings (SSSR count). The van der Waals surface area contributed by atoms with Gasteiger partial charge in [-0.2, -0.15) is 0 Å². The van der Waals surface area contributed by atoms with Crippen LogP contribution < -0.4 is 20.3 Å². The summed E-state index contributed by atoms with van der Waals surface area (Å²) in [4.78, 5) is 40.5. The van der Waals surface area contributed by atoms with Crippen LogP contribution in [0.1, 0.15) is 21.6 Å². The molecule has 0 spiro atoms. The van der Waals surface area contributed by atoms with E-state index in [1.54, 1.807) is 44.7 Å². The Morgan fingerprint density at radius 3 is 2.61 bits per heavy atom. The number of carbonyl (C=O) groups is 1. The largest absolute Gasteiger partial charge is 0.493 e. The molecule has 0 saturated heterocycles. The summed E-state index contributed by atoms with van der Waals surface area (Å²) >= 11 is 7.52. The van der Waals surface area contributed by atoms with Crippen LogP contribution in [0, 0.1) is 0 Å².